The Bertz CT molecular complexity index is 1770. The third-order valence-corrected chi connectivity index (χ3v) is 19.1. The van der Waals surface area contributed by atoms with Crippen LogP contribution in [0.5, 0.6) is 0 Å². The molecule has 0 aromatic rings. The van der Waals surface area contributed by atoms with Crippen molar-refractivity contribution in [1.82, 2.24) is 0 Å². The predicted molar refractivity (Wildman–Crippen MR) is 358 cm³/mol. The van der Waals surface area contributed by atoms with Gasteiger partial charge in [0.05, 0.1) is 26.4 Å². The normalized spacial score (nSPS) is 15.2. The first-order chi connectivity index (χ1) is 42.7. The Morgan fingerprint density at radius 2 is 0.539 bits per heavy atom. The summed E-state index contributed by atoms with van der Waals surface area (Å²) in [5.74, 6) is 0.903. The van der Waals surface area contributed by atoms with Gasteiger partial charge in [0, 0.05) is 25.7 Å². The molecule has 0 saturated heterocycles. The van der Waals surface area contributed by atoms with Gasteiger partial charge in [-0.05, 0) is 49.4 Å². The standard InChI is InChI=1S/C70H136O17P2/c1-9-61(6)47-39-31-23-19-16-17-21-25-36-44-52-69(74)86-65(56-80-67(72)50-42-34-24-20-15-13-12-14-18-22-30-38-46-60(4)5)58-84-88(76,77)82-54-64(71)55-83-89(78,79)85-59-66(87-70(75)53-45-37-29-27-33-41-49-63(8)11-3)57-81-68(73)51-43-35-28-26-32-40-48-62(7)10-2/h60-66,71H,9-59H2,1-8H3,(H,76,77)(H,78,79)/t61?,62?,63?,64-,65-,66-/m1/s1. The number of rotatable bonds is 67. The Balaban J connectivity index is 5.26. The maximum absolute atomic E-state index is 13.0. The molecule has 0 aromatic carbocycles. The summed E-state index contributed by atoms with van der Waals surface area (Å²) in [4.78, 5) is 72.5. The second kappa shape index (κ2) is 59.8. The highest BCUT2D eigenvalue weighted by Gasteiger charge is 2.30. The summed E-state index contributed by atoms with van der Waals surface area (Å²) in [6.07, 6.45) is 41.6. The number of aliphatic hydroxyl groups is 1. The fraction of sp³-hybridized carbons (Fsp3) is 0.943. The van der Waals surface area contributed by atoms with Gasteiger partial charge in [-0.1, -0.05) is 293 Å². The zero-order valence-electron chi connectivity index (χ0n) is 58.1. The van der Waals surface area contributed by atoms with Crippen molar-refractivity contribution in [3.05, 3.63) is 0 Å². The van der Waals surface area contributed by atoms with Gasteiger partial charge < -0.3 is 33.8 Å². The fourth-order valence-electron chi connectivity index (χ4n) is 10.4. The molecule has 0 amide bonds. The Kier molecular flexibility index (Phi) is 58.5. The highest BCUT2D eigenvalue weighted by molar-refractivity contribution is 7.47. The van der Waals surface area contributed by atoms with E-state index in [1.54, 1.807) is 0 Å². The molecule has 0 aliphatic carbocycles. The molecule has 0 fully saturated rings. The molecule has 0 aromatic heterocycles. The summed E-state index contributed by atoms with van der Waals surface area (Å²) in [6.45, 7) is 14.1. The van der Waals surface area contributed by atoms with Crippen LogP contribution in [0.1, 0.15) is 344 Å². The zero-order valence-corrected chi connectivity index (χ0v) is 59.8. The lowest BCUT2D eigenvalue weighted by molar-refractivity contribution is -0.161. The summed E-state index contributed by atoms with van der Waals surface area (Å²) >= 11 is 0. The molecule has 8 atom stereocenters. The molecule has 0 heterocycles. The van der Waals surface area contributed by atoms with E-state index >= 15 is 0 Å². The summed E-state index contributed by atoms with van der Waals surface area (Å²) in [5.41, 5.74) is 0. The topological polar surface area (TPSA) is 237 Å². The van der Waals surface area contributed by atoms with E-state index in [0.717, 1.165) is 120 Å². The van der Waals surface area contributed by atoms with Crippen LogP contribution in [0.3, 0.4) is 0 Å². The first-order valence-electron chi connectivity index (χ1n) is 36.3. The number of esters is 4. The van der Waals surface area contributed by atoms with E-state index in [9.17, 15) is 43.2 Å². The molecule has 19 heteroatoms. The molecule has 0 spiro atoms. The molecular weight excluding hydrogens is 1170 g/mol. The number of hydrogen-bond acceptors (Lipinski definition) is 15. The number of hydrogen-bond donors (Lipinski definition) is 3. The molecule has 0 aliphatic heterocycles. The lowest BCUT2D eigenvalue weighted by Gasteiger charge is -2.21. The summed E-state index contributed by atoms with van der Waals surface area (Å²) < 4.78 is 68.3. The summed E-state index contributed by atoms with van der Waals surface area (Å²) in [5, 5.41) is 10.6. The van der Waals surface area contributed by atoms with E-state index in [2.05, 4.69) is 55.4 Å². The van der Waals surface area contributed by atoms with Crippen LogP contribution in [-0.2, 0) is 65.4 Å². The van der Waals surface area contributed by atoms with Gasteiger partial charge in [0.15, 0.2) is 12.2 Å². The summed E-state index contributed by atoms with van der Waals surface area (Å²) in [7, 11) is -9.90. The van der Waals surface area contributed by atoms with Crippen LogP contribution in [-0.4, -0.2) is 96.7 Å². The van der Waals surface area contributed by atoms with E-state index in [1.807, 2.05) is 0 Å². The maximum atomic E-state index is 13.0. The smallest absolute Gasteiger partial charge is 0.462 e. The van der Waals surface area contributed by atoms with Crippen molar-refractivity contribution in [1.29, 1.82) is 0 Å². The van der Waals surface area contributed by atoms with Gasteiger partial charge in [-0.2, -0.15) is 0 Å². The second-order valence-electron chi connectivity index (χ2n) is 26.5. The molecule has 0 bridgehead atoms. The lowest BCUT2D eigenvalue weighted by atomic mass is 9.99. The van der Waals surface area contributed by atoms with Gasteiger partial charge in [-0.25, -0.2) is 9.13 Å². The number of carbonyl (C=O) groups is 4. The van der Waals surface area contributed by atoms with Gasteiger partial charge in [-0.3, -0.25) is 37.3 Å². The first-order valence-corrected chi connectivity index (χ1v) is 39.3. The molecule has 528 valence electrons. The third-order valence-electron chi connectivity index (χ3n) is 17.2. The third kappa shape index (κ3) is 60.7. The maximum Gasteiger partial charge on any atom is 0.472 e. The van der Waals surface area contributed by atoms with Crippen molar-refractivity contribution >= 4 is 39.5 Å². The monoisotopic (exact) mass is 1310 g/mol. The molecule has 0 radical (unpaired) electrons. The largest absolute Gasteiger partial charge is 0.472 e. The molecule has 3 N–H and O–H groups in total. The van der Waals surface area contributed by atoms with Gasteiger partial charge in [0.1, 0.15) is 19.3 Å². The molecule has 0 aliphatic rings. The highest BCUT2D eigenvalue weighted by Crippen LogP contribution is 2.45. The van der Waals surface area contributed by atoms with Crippen molar-refractivity contribution in [2.45, 2.75) is 363 Å². The van der Waals surface area contributed by atoms with Crippen LogP contribution in [0, 0.1) is 23.7 Å². The minimum absolute atomic E-state index is 0.102. The number of carbonyl (C=O) groups excluding carboxylic acids is 4. The molecule has 89 heavy (non-hydrogen) atoms. The Morgan fingerprint density at radius 1 is 0.315 bits per heavy atom. The van der Waals surface area contributed by atoms with Gasteiger partial charge >= 0.3 is 39.5 Å². The number of phosphoric ester groups is 2. The Hall–Kier alpha value is -1.94. The number of ether oxygens (including phenoxy) is 4. The van der Waals surface area contributed by atoms with Crippen molar-refractivity contribution in [3.63, 3.8) is 0 Å². The van der Waals surface area contributed by atoms with E-state index < -0.39 is 97.5 Å². The summed E-state index contributed by atoms with van der Waals surface area (Å²) in [6, 6.07) is 0. The average Bonchev–Trinajstić information content (AvgIpc) is 3.71. The number of unbranched alkanes of at least 4 members (excludes halogenated alkanes) is 30. The van der Waals surface area contributed by atoms with Gasteiger partial charge in [-0.15, -0.1) is 0 Å². The Morgan fingerprint density at radius 3 is 0.798 bits per heavy atom. The van der Waals surface area contributed by atoms with E-state index in [-0.39, 0.29) is 25.7 Å². The zero-order chi connectivity index (χ0) is 66.1. The number of aliphatic hydroxyl groups excluding tert-OH is 1. The van der Waals surface area contributed by atoms with Gasteiger partial charge in [0.25, 0.3) is 0 Å². The van der Waals surface area contributed by atoms with Crippen molar-refractivity contribution in [2.24, 2.45) is 23.7 Å². The quantitative estimate of drug-likeness (QED) is 0.0222. The van der Waals surface area contributed by atoms with Gasteiger partial charge in [0.2, 0.25) is 0 Å². The van der Waals surface area contributed by atoms with Crippen molar-refractivity contribution in [2.75, 3.05) is 39.6 Å². The van der Waals surface area contributed by atoms with E-state index in [4.69, 9.17) is 37.0 Å². The molecule has 5 unspecified atom stereocenters. The van der Waals surface area contributed by atoms with Crippen LogP contribution >= 0.6 is 15.6 Å². The van der Waals surface area contributed by atoms with Crippen LogP contribution in [0.25, 0.3) is 0 Å². The van der Waals surface area contributed by atoms with Crippen LogP contribution in [0.4, 0.5) is 0 Å². The SMILES string of the molecule is CCC(C)CCCCCCCCCCCCC(=O)O[C@H](COC(=O)CCCCCCCCCCCCCCC(C)C)COP(=O)(O)OC[C@@H](O)COP(=O)(O)OC[C@@H](COC(=O)CCCCCCCCC(C)CC)OC(=O)CCCCCCCCC(C)CC. The lowest BCUT2D eigenvalue weighted by Crippen LogP contribution is -2.30. The Labute approximate surface area is 543 Å². The minimum atomic E-state index is -4.95. The minimum Gasteiger partial charge on any atom is -0.462 e. The second-order valence-corrected chi connectivity index (χ2v) is 29.4. The van der Waals surface area contributed by atoms with Crippen LogP contribution < -0.4 is 0 Å². The highest BCUT2D eigenvalue weighted by atomic mass is 31.2. The fourth-order valence-corrected chi connectivity index (χ4v) is 12.0. The van der Waals surface area contributed by atoms with Crippen LogP contribution in [0.2, 0.25) is 0 Å². The first kappa shape index (κ1) is 87.1. The number of phosphoric acid groups is 2. The van der Waals surface area contributed by atoms with E-state index in [1.165, 1.54) is 141 Å². The molecule has 17 nitrogen and oxygen atoms in total. The molecular formula is C70H136O17P2. The van der Waals surface area contributed by atoms with E-state index in [0.29, 0.717) is 25.7 Å². The van der Waals surface area contributed by atoms with Crippen molar-refractivity contribution < 1.29 is 80.2 Å². The van der Waals surface area contributed by atoms with Crippen molar-refractivity contribution in [3.8, 4) is 0 Å². The average molecular weight is 1310 g/mol. The molecule has 0 rings (SSSR count). The predicted octanol–water partition coefficient (Wildman–Crippen LogP) is 19.7. The van der Waals surface area contributed by atoms with Crippen LogP contribution in [0.15, 0.2) is 0 Å². The molecule has 0 saturated carbocycles.